The van der Waals surface area contributed by atoms with Crippen molar-refractivity contribution in [1.82, 2.24) is 0 Å². The Morgan fingerprint density at radius 2 is 0.678 bits per heavy atom. The Hall–Kier alpha value is -1.84. The molecule has 0 aliphatic carbocycles. The third kappa shape index (κ3) is 40.0. The molecule has 0 bridgehead atoms. The van der Waals surface area contributed by atoms with Gasteiger partial charge in [0.25, 0.3) is 10.1 Å². The molecule has 1 aromatic carbocycles. The van der Waals surface area contributed by atoms with Crippen LogP contribution in [0, 0.1) is 0 Å². The number of rotatable bonds is 48. The fourth-order valence-corrected chi connectivity index (χ4v) is 5.94. The third-order valence-electron chi connectivity index (χ3n) is 8.19. The summed E-state index contributed by atoms with van der Waals surface area (Å²) in [7, 11) is -3.76. The number of esters is 1. The fourth-order valence-electron chi connectivity index (χ4n) is 5.03. The Balaban J connectivity index is 1.65. The molecule has 1 aromatic rings. The highest BCUT2D eigenvalue weighted by Crippen LogP contribution is 2.12. The fraction of sp³-hybridized carbons (Fsp3) is 0.833. The number of hydrogen-bond donors (Lipinski definition) is 0. The SMILES string of the molecule is CCCCCCCCCCCC(=O)OCCOCCOCCOCCOCCOCCOCCOCCOCCOCCOCCOCCOS(=O)(=O)c1ccccc1. The first-order valence-corrected chi connectivity index (χ1v) is 22.9. The molecular formula is C42H76O16S. The van der Waals surface area contributed by atoms with E-state index in [1.807, 2.05) is 0 Å². The summed E-state index contributed by atoms with van der Waals surface area (Å²) >= 11 is 0. The van der Waals surface area contributed by atoms with E-state index in [-0.39, 0.29) is 30.7 Å². The number of benzene rings is 1. The van der Waals surface area contributed by atoms with Crippen LogP contribution in [0.25, 0.3) is 0 Å². The highest BCUT2D eigenvalue weighted by molar-refractivity contribution is 7.86. The molecule has 0 heterocycles. The second kappa shape index (κ2) is 44.2. The molecule has 0 N–H and O–H groups in total. The van der Waals surface area contributed by atoms with Crippen molar-refractivity contribution in [2.24, 2.45) is 0 Å². The normalized spacial score (nSPS) is 11.7. The Morgan fingerprint density at radius 3 is 1.02 bits per heavy atom. The summed E-state index contributed by atoms with van der Waals surface area (Å²) in [6.45, 7) is 12.0. The maximum Gasteiger partial charge on any atom is 0.305 e. The van der Waals surface area contributed by atoms with Crippen molar-refractivity contribution in [3.8, 4) is 0 Å². The van der Waals surface area contributed by atoms with Crippen molar-refractivity contribution in [3.05, 3.63) is 30.3 Å². The lowest BCUT2D eigenvalue weighted by Gasteiger charge is -2.09. The van der Waals surface area contributed by atoms with Gasteiger partial charge in [0.1, 0.15) is 6.61 Å². The maximum absolute atomic E-state index is 12.0. The smallest absolute Gasteiger partial charge is 0.305 e. The van der Waals surface area contributed by atoms with Crippen molar-refractivity contribution < 1.29 is 74.2 Å². The highest BCUT2D eigenvalue weighted by atomic mass is 32.2. The molecule has 0 fully saturated rings. The van der Waals surface area contributed by atoms with Gasteiger partial charge in [-0.1, -0.05) is 76.5 Å². The molecule has 346 valence electrons. The minimum absolute atomic E-state index is 0.0630. The van der Waals surface area contributed by atoms with Crippen LogP contribution >= 0.6 is 0 Å². The van der Waals surface area contributed by atoms with Gasteiger partial charge in [-0.15, -0.1) is 0 Å². The van der Waals surface area contributed by atoms with Crippen LogP contribution in [0.1, 0.15) is 71.1 Å². The molecule has 59 heavy (non-hydrogen) atoms. The molecule has 0 aliphatic rings. The van der Waals surface area contributed by atoms with E-state index in [1.165, 1.54) is 57.1 Å². The number of hydrogen-bond acceptors (Lipinski definition) is 16. The largest absolute Gasteiger partial charge is 0.463 e. The zero-order chi connectivity index (χ0) is 42.4. The van der Waals surface area contributed by atoms with Crippen molar-refractivity contribution in [2.75, 3.05) is 159 Å². The summed E-state index contributed by atoms with van der Waals surface area (Å²) in [6, 6.07) is 7.97. The predicted octanol–water partition coefficient (Wildman–Crippen LogP) is 5.04. The van der Waals surface area contributed by atoms with E-state index in [0.29, 0.717) is 145 Å². The molecule has 1 rings (SSSR count). The lowest BCUT2D eigenvalue weighted by Crippen LogP contribution is -2.16. The highest BCUT2D eigenvalue weighted by Gasteiger charge is 2.13. The van der Waals surface area contributed by atoms with Crippen LogP contribution in [-0.2, 0) is 75.9 Å². The van der Waals surface area contributed by atoms with E-state index in [2.05, 4.69) is 6.92 Å². The second-order valence-corrected chi connectivity index (χ2v) is 14.7. The van der Waals surface area contributed by atoms with Crippen molar-refractivity contribution in [1.29, 1.82) is 0 Å². The molecule has 0 saturated carbocycles. The maximum atomic E-state index is 12.0. The van der Waals surface area contributed by atoms with E-state index in [0.717, 1.165) is 12.8 Å². The van der Waals surface area contributed by atoms with Crippen LogP contribution in [0.2, 0.25) is 0 Å². The zero-order valence-corrected chi connectivity index (χ0v) is 36.7. The molecule has 0 atom stereocenters. The van der Waals surface area contributed by atoms with Gasteiger partial charge >= 0.3 is 5.97 Å². The molecule has 0 unspecified atom stereocenters. The lowest BCUT2D eigenvalue weighted by atomic mass is 10.1. The van der Waals surface area contributed by atoms with E-state index in [4.69, 9.17) is 61.0 Å². The standard InChI is InChI=1S/C42H76O16S/c1-2-3-4-5-6-7-8-9-13-16-42(43)57-39-37-55-35-33-53-31-29-51-27-25-49-23-21-47-19-17-46-18-20-48-22-24-50-26-28-52-30-32-54-34-36-56-38-40-58-59(44,45)41-14-11-10-12-15-41/h10-12,14-15H,2-9,13,16-40H2,1H3. The first kappa shape index (κ1) is 55.2. The van der Waals surface area contributed by atoms with Gasteiger partial charge in [-0.2, -0.15) is 8.42 Å². The molecule has 0 aromatic heterocycles. The van der Waals surface area contributed by atoms with Gasteiger partial charge in [0.05, 0.1) is 157 Å². The topological polar surface area (TPSA) is 171 Å². The summed E-state index contributed by atoms with van der Waals surface area (Å²) in [5, 5.41) is 0. The Bertz CT molecular complexity index is 1120. The number of carbonyl (C=O) groups excluding carboxylic acids is 1. The van der Waals surface area contributed by atoms with Crippen LogP contribution in [0.5, 0.6) is 0 Å². The van der Waals surface area contributed by atoms with Crippen molar-refractivity contribution in [2.45, 2.75) is 76.0 Å². The first-order chi connectivity index (χ1) is 29.1. The van der Waals surface area contributed by atoms with Gasteiger partial charge in [-0.25, -0.2) is 0 Å². The monoisotopic (exact) mass is 868 g/mol. The minimum Gasteiger partial charge on any atom is -0.463 e. The van der Waals surface area contributed by atoms with Crippen LogP contribution in [0.3, 0.4) is 0 Å². The van der Waals surface area contributed by atoms with Crippen LogP contribution in [0.15, 0.2) is 35.2 Å². The zero-order valence-electron chi connectivity index (χ0n) is 35.9. The molecule has 17 heteroatoms. The lowest BCUT2D eigenvalue weighted by molar-refractivity contribution is -0.145. The van der Waals surface area contributed by atoms with E-state index in [1.54, 1.807) is 18.2 Å². The Morgan fingerprint density at radius 1 is 0.390 bits per heavy atom. The molecule has 0 amide bonds. The van der Waals surface area contributed by atoms with E-state index >= 15 is 0 Å². The van der Waals surface area contributed by atoms with E-state index in [9.17, 15) is 13.2 Å². The first-order valence-electron chi connectivity index (χ1n) is 21.5. The van der Waals surface area contributed by atoms with Gasteiger partial charge in [-0.05, 0) is 18.6 Å². The van der Waals surface area contributed by atoms with Gasteiger partial charge in [0.2, 0.25) is 0 Å². The molecule has 0 aliphatic heterocycles. The van der Waals surface area contributed by atoms with Gasteiger partial charge < -0.3 is 56.8 Å². The van der Waals surface area contributed by atoms with Crippen LogP contribution in [-0.4, -0.2) is 173 Å². The predicted molar refractivity (Wildman–Crippen MR) is 221 cm³/mol. The van der Waals surface area contributed by atoms with Gasteiger partial charge in [0, 0.05) is 6.42 Å². The van der Waals surface area contributed by atoms with Crippen molar-refractivity contribution in [3.63, 3.8) is 0 Å². The summed E-state index contributed by atoms with van der Waals surface area (Å²) in [5.74, 6) is -0.144. The molecule has 0 radical (unpaired) electrons. The molecule has 0 saturated heterocycles. The quantitative estimate of drug-likeness (QED) is 0.0484. The average molecular weight is 869 g/mol. The Kier molecular flexibility index (Phi) is 41.4. The number of ether oxygens (including phenoxy) is 12. The number of unbranched alkanes of at least 4 members (excludes halogenated alkanes) is 8. The van der Waals surface area contributed by atoms with Crippen molar-refractivity contribution >= 4 is 16.1 Å². The number of carbonyl (C=O) groups is 1. The summed E-state index contributed by atoms with van der Waals surface area (Å²) in [5.41, 5.74) is 0. The summed E-state index contributed by atoms with van der Waals surface area (Å²) in [6.07, 6.45) is 11.5. The Labute approximate surface area is 354 Å². The van der Waals surface area contributed by atoms with Crippen LogP contribution < -0.4 is 0 Å². The third-order valence-corrected chi connectivity index (χ3v) is 9.52. The molecule has 16 nitrogen and oxygen atoms in total. The summed E-state index contributed by atoms with van der Waals surface area (Å²) in [4.78, 5) is 11.9. The van der Waals surface area contributed by atoms with Gasteiger partial charge in [0.15, 0.2) is 0 Å². The van der Waals surface area contributed by atoms with E-state index < -0.39 is 10.1 Å². The minimum atomic E-state index is -3.76. The average Bonchev–Trinajstić information content (AvgIpc) is 3.24. The van der Waals surface area contributed by atoms with Crippen LogP contribution in [0.4, 0.5) is 0 Å². The molecular weight excluding hydrogens is 793 g/mol. The van der Waals surface area contributed by atoms with Gasteiger partial charge in [-0.3, -0.25) is 8.98 Å². The molecule has 0 spiro atoms. The summed E-state index contributed by atoms with van der Waals surface area (Å²) < 4.78 is 94.2. The second-order valence-electron chi connectivity index (χ2n) is 13.1.